The highest BCUT2D eigenvalue weighted by Gasteiger charge is 2.37. The van der Waals surface area contributed by atoms with Gasteiger partial charge in [0.1, 0.15) is 11.4 Å². The van der Waals surface area contributed by atoms with Crippen LogP contribution in [-0.2, 0) is 19.7 Å². The van der Waals surface area contributed by atoms with Gasteiger partial charge in [-0.1, -0.05) is 23.8 Å². The zero-order valence-electron chi connectivity index (χ0n) is 19.9. The molecular weight excluding hydrogens is 504 g/mol. The monoisotopic (exact) mass is 530 g/mol. The normalized spacial score (nSPS) is 17.6. The molecule has 2 aromatic rings. The molecule has 0 bridgehead atoms. The summed E-state index contributed by atoms with van der Waals surface area (Å²) in [4.78, 5) is 40.6. The molecule has 0 spiro atoms. The van der Waals surface area contributed by atoms with Crippen molar-refractivity contribution < 1.29 is 31.7 Å². The number of thioether (sulfide) groups is 1. The Kier molecular flexibility index (Phi) is 7.70. The highest BCUT2D eigenvalue weighted by molar-refractivity contribution is 8.18. The molecule has 2 aliphatic heterocycles. The van der Waals surface area contributed by atoms with Crippen LogP contribution < -0.4 is 8.92 Å². The second-order valence-electron chi connectivity index (χ2n) is 8.47. The maximum absolute atomic E-state index is 12.9. The van der Waals surface area contributed by atoms with Crippen LogP contribution in [0.2, 0.25) is 0 Å². The lowest BCUT2D eigenvalue weighted by molar-refractivity contribution is -0.136. The van der Waals surface area contributed by atoms with E-state index in [2.05, 4.69) is 0 Å². The van der Waals surface area contributed by atoms with Crippen LogP contribution in [0.5, 0.6) is 11.5 Å². The molecule has 2 saturated heterocycles. The summed E-state index contributed by atoms with van der Waals surface area (Å²) in [5.74, 6) is -0.699. The van der Waals surface area contributed by atoms with Crippen molar-refractivity contribution in [1.82, 2.24) is 9.80 Å². The van der Waals surface area contributed by atoms with Gasteiger partial charge >= 0.3 is 10.1 Å². The van der Waals surface area contributed by atoms with Gasteiger partial charge in [-0.05, 0) is 73.9 Å². The van der Waals surface area contributed by atoms with Crippen molar-refractivity contribution in [2.45, 2.75) is 31.1 Å². The van der Waals surface area contributed by atoms with E-state index < -0.39 is 21.3 Å². The number of rotatable bonds is 7. The predicted molar refractivity (Wildman–Crippen MR) is 135 cm³/mol. The fraction of sp³-hybridized carbons (Fsp3) is 0.320. The lowest BCUT2D eigenvalue weighted by atomic mass is 10.1. The van der Waals surface area contributed by atoms with Crippen molar-refractivity contribution in [3.63, 3.8) is 0 Å². The second kappa shape index (κ2) is 10.8. The largest absolute Gasteiger partial charge is 0.493 e. The maximum Gasteiger partial charge on any atom is 0.339 e. The number of amides is 3. The van der Waals surface area contributed by atoms with Crippen LogP contribution in [-0.4, -0.2) is 62.0 Å². The summed E-state index contributed by atoms with van der Waals surface area (Å²) in [6.45, 7) is 2.80. The molecule has 0 radical (unpaired) electrons. The first-order valence-electron chi connectivity index (χ1n) is 11.4. The number of methoxy groups -OCH3 is 1. The zero-order chi connectivity index (χ0) is 25.9. The molecule has 2 heterocycles. The smallest absolute Gasteiger partial charge is 0.339 e. The summed E-state index contributed by atoms with van der Waals surface area (Å²) in [6.07, 6.45) is 4.35. The quantitative estimate of drug-likeness (QED) is 0.393. The molecule has 9 nitrogen and oxygen atoms in total. The number of hydrogen-bond donors (Lipinski definition) is 0. The first-order valence-corrected chi connectivity index (χ1v) is 13.6. The van der Waals surface area contributed by atoms with Gasteiger partial charge in [-0.2, -0.15) is 8.42 Å². The SMILES string of the molecule is COc1ccc(/C=C2\SC(=O)N(CC(=O)N3CCCCC3)C2=O)cc1OS(=O)(=O)c1ccc(C)cc1. The topological polar surface area (TPSA) is 110 Å². The molecule has 0 atom stereocenters. The molecule has 0 unspecified atom stereocenters. The van der Waals surface area contributed by atoms with Crippen LogP contribution in [0.25, 0.3) is 6.08 Å². The fourth-order valence-corrected chi connectivity index (χ4v) is 5.66. The fourth-order valence-electron chi connectivity index (χ4n) is 3.89. The highest BCUT2D eigenvalue weighted by atomic mass is 32.2. The van der Waals surface area contributed by atoms with E-state index in [4.69, 9.17) is 8.92 Å². The number of piperidine rings is 1. The minimum absolute atomic E-state index is 0.0138. The first-order chi connectivity index (χ1) is 17.2. The summed E-state index contributed by atoms with van der Waals surface area (Å²) in [5.41, 5.74) is 1.33. The molecule has 0 N–H and O–H groups in total. The average Bonchev–Trinajstić information content (AvgIpc) is 3.12. The van der Waals surface area contributed by atoms with E-state index in [1.54, 1.807) is 23.1 Å². The third-order valence-electron chi connectivity index (χ3n) is 5.87. The number of likely N-dealkylation sites (tertiary alicyclic amines) is 1. The minimum atomic E-state index is -4.14. The van der Waals surface area contributed by atoms with E-state index in [0.29, 0.717) is 18.7 Å². The standard InChI is InChI=1S/C25H26N2O7S2/c1-17-6-9-19(10-7-17)36(31,32)34-21-14-18(8-11-20(21)33-2)15-22-24(29)27(25(30)35-22)16-23(28)26-12-4-3-5-13-26/h6-11,14-15H,3-5,12-13,16H2,1-2H3/b22-15-. The van der Waals surface area contributed by atoms with Gasteiger partial charge in [0.05, 0.1) is 12.0 Å². The molecule has 36 heavy (non-hydrogen) atoms. The van der Waals surface area contributed by atoms with Crippen LogP contribution in [0.4, 0.5) is 4.79 Å². The Labute approximate surface area is 214 Å². The van der Waals surface area contributed by atoms with E-state index in [1.165, 1.54) is 37.5 Å². The lowest BCUT2D eigenvalue weighted by Crippen LogP contribution is -2.44. The number of hydrogen-bond acceptors (Lipinski definition) is 8. The van der Waals surface area contributed by atoms with Gasteiger partial charge in [0.25, 0.3) is 11.1 Å². The molecule has 190 valence electrons. The predicted octanol–water partition coefficient (Wildman–Crippen LogP) is 3.82. The van der Waals surface area contributed by atoms with Crippen LogP contribution in [0.3, 0.4) is 0 Å². The van der Waals surface area contributed by atoms with E-state index in [1.807, 2.05) is 6.92 Å². The van der Waals surface area contributed by atoms with E-state index in [9.17, 15) is 22.8 Å². The van der Waals surface area contributed by atoms with Crippen molar-refractivity contribution in [3.05, 3.63) is 58.5 Å². The summed E-state index contributed by atoms with van der Waals surface area (Å²) < 4.78 is 36.1. The summed E-state index contributed by atoms with van der Waals surface area (Å²) in [7, 11) is -2.76. The molecule has 0 saturated carbocycles. The first kappa shape index (κ1) is 25.8. The van der Waals surface area contributed by atoms with Gasteiger partial charge in [0.15, 0.2) is 11.5 Å². The number of carbonyl (C=O) groups excluding carboxylic acids is 3. The highest BCUT2D eigenvalue weighted by Crippen LogP contribution is 2.35. The summed E-state index contributed by atoms with van der Waals surface area (Å²) >= 11 is 0.730. The molecule has 2 fully saturated rings. The number of carbonyl (C=O) groups is 3. The van der Waals surface area contributed by atoms with Crippen molar-refractivity contribution >= 4 is 45.0 Å². The Morgan fingerprint density at radius 1 is 1.03 bits per heavy atom. The van der Waals surface area contributed by atoms with E-state index in [0.717, 1.165) is 41.5 Å². The van der Waals surface area contributed by atoms with Gasteiger partial charge in [-0.15, -0.1) is 0 Å². The van der Waals surface area contributed by atoms with Crippen LogP contribution in [0.15, 0.2) is 52.3 Å². The maximum atomic E-state index is 12.9. The van der Waals surface area contributed by atoms with Crippen LogP contribution in [0, 0.1) is 6.92 Å². The number of nitrogens with zero attached hydrogens (tertiary/aromatic N) is 2. The molecular formula is C25H26N2O7S2. The molecule has 3 amide bonds. The number of ether oxygens (including phenoxy) is 1. The second-order valence-corrected chi connectivity index (χ2v) is 11.0. The Balaban J connectivity index is 1.54. The van der Waals surface area contributed by atoms with Gasteiger partial charge < -0.3 is 13.8 Å². The van der Waals surface area contributed by atoms with Crippen molar-refractivity contribution in [3.8, 4) is 11.5 Å². The Hall–Kier alpha value is -3.31. The molecule has 11 heteroatoms. The third-order valence-corrected chi connectivity index (χ3v) is 8.03. The van der Waals surface area contributed by atoms with Gasteiger partial charge in [0.2, 0.25) is 5.91 Å². The van der Waals surface area contributed by atoms with Crippen LogP contribution >= 0.6 is 11.8 Å². The van der Waals surface area contributed by atoms with Crippen LogP contribution in [0.1, 0.15) is 30.4 Å². The molecule has 4 rings (SSSR count). The molecule has 0 aromatic heterocycles. The number of benzene rings is 2. The summed E-state index contributed by atoms with van der Waals surface area (Å²) in [5, 5.41) is -0.524. The molecule has 0 aliphatic carbocycles. The Morgan fingerprint density at radius 3 is 2.39 bits per heavy atom. The molecule has 2 aliphatic rings. The molecule has 2 aromatic carbocycles. The number of imide groups is 1. The van der Waals surface area contributed by atoms with Gasteiger partial charge in [-0.3, -0.25) is 19.3 Å². The average molecular weight is 531 g/mol. The van der Waals surface area contributed by atoms with E-state index in [-0.39, 0.29) is 33.8 Å². The summed E-state index contributed by atoms with van der Waals surface area (Å²) in [6, 6.07) is 10.8. The zero-order valence-corrected chi connectivity index (χ0v) is 21.6. The van der Waals surface area contributed by atoms with Gasteiger partial charge in [-0.25, -0.2) is 0 Å². The van der Waals surface area contributed by atoms with Crippen molar-refractivity contribution in [2.75, 3.05) is 26.7 Å². The third kappa shape index (κ3) is 5.73. The van der Waals surface area contributed by atoms with Crippen molar-refractivity contribution in [2.24, 2.45) is 0 Å². The lowest BCUT2D eigenvalue weighted by Gasteiger charge is -2.27. The van der Waals surface area contributed by atoms with E-state index >= 15 is 0 Å². The van der Waals surface area contributed by atoms with Gasteiger partial charge in [0, 0.05) is 13.1 Å². The number of aryl methyl sites for hydroxylation is 1. The van der Waals surface area contributed by atoms with Crippen molar-refractivity contribution in [1.29, 1.82) is 0 Å². The Bertz CT molecular complexity index is 1310. The Morgan fingerprint density at radius 2 is 1.72 bits per heavy atom. The minimum Gasteiger partial charge on any atom is -0.493 e.